The summed E-state index contributed by atoms with van der Waals surface area (Å²) in [5, 5.41) is 0. The van der Waals surface area contributed by atoms with Crippen molar-refractivity contribution >= 4 is 0 Å². The number of hydrogen-bond donors (Lipinski definition) is 0. The van der Waals surface area contributed by atoms with Crippen molar-refractivity contribution in [2.24, 2.45) is 0 Å². The molecule has 2 unspecified atom stereocenters. The van der Waals surface area contributed by atoms with Crippen LogP contribution in [0.1, 0.15) is 60.8 Å². The molecule has 0 aliphatic carbocycles. The van der Waals surface area contributed by atoms with Crippen molar-refractivity contribution in [1.82, 2.24) is 19.6 Å². The van der Waals surface area contributed by atoms with Crippen LogP contribution in [0.4, 0.5) is 0 Å². The lowest BCUT2D eigenvalue weighted by Gasteiger charge is -2.49. The molecule has 4 rings (SSSR count). The highest BCUT2D eigenvalue weighted by molar-refractivity contribution is 5.05. The maximum Gasteiger partial charge on any atom is 0.0516 e. The van der Waals surface area contributed by atoms with Crippen molar-refractivity contribution in [1.29, 1.82) is 0 Å². The molecule has 4 nitrogen and oxygen atoms in total. The number of rotatable bonds is 2. The van der Waals surface area contributed by atoms with Gasteiger partial charge in [0.15, 0.2) is 0 Å². The lowest BCUT2D eigenvalue weighted by Crippen LogP contribution is -2.62. The van der Waals surface area contributed by atoms with E-state index in [0.29, 0.717) is 11.1 Å². The predicted molar refractivity (Wildman–Crippen MR) is 100 cm³/mol. The summed E-state index contributed by atoms with van der Waals surface area (Å²) in [4.78, 5) is 11.2. The Hall–Kier alpha value is -0.160. The minimum Gasteiger partial charge on any atom is -0.295 e. The standard InChI is InChI=1S/C20H38N4/c1-19(2,3)22-11-15-7-8-16(12-22)23(15)14-21-10-18-9-17(21)13-24(18)20(4,5)6/h15-18H,7-14H2,1-6H3/t15?,16?,17-,18-/m0/s1. The lowest BCUT2D eigenvalue weighted by molar-refractivity contribution is -0.0303. The largest absolute Gasteiger partial charge is 0.295 e. The van der Waals surface area contributed by atoms with Crippen LogP contribution in [0.15, 0.2) is 0 Å². The van der Waals surface area contributed by atoms with Crippen molar-refractivity contribution in [3.8, 4) is 0 Å². The number of nitrogens with zero attached hydrogens (tertiary/aromatic N) is 4. The normalized spacial score (nSPS) is 39.2. The van der Waals surface area contributed by atoms with E-state index in [1.54, 1.807) is 0 Å². The summed E-state index contributed by atoms with van der Waals surface area (Å²) < 4.78 is 0. The molecule has 0 spiro atoms. The minimum atomic E-state index is 0.326. The fraction of sp³-hybridized carbons (Fsp3) is 1.00. The van der Waals surface area contributed by atoms with Crippen LogP contribution >= 0.6 is 0 Å². The quantitative estimate of drug-likeness (QED) is 0.769. The molecule has 0 radical (unpaired) electrons. The van der Waals surface area contributed by atoms with E-state index in [0.717, 1.165) is 24.2 Å². The molecular weight excluding hydrogens is 296 g/mol. The molecule has 4 saturated heterocycles. The van der Waals surface area contributed by atoms with Crippen LogP contribution in [-0.4, -0.2) is 87.7 Å². The maximum atomic E-state index is 2.87. The fourth-order valence-corrected chi connectivity index (χ4v) is 5.72. The van der Waals surface area contributed by atoms with Gasteiger partial charge in [0.2, 0.25) is 0 Å². The zero-order valence-corrected chi connectivity index (χ0v) is 16.8. The first-order valence-corrected chi connectivity index (χ1v) is 10.1. The molecule has 0 aromatic carbocycles. The van der Waals surface area contributed by atoms with Gasteiger partial charge in [-0.15, -0.1) is 0 Å². The number of likely N-dealkylation sites (tertiary alicyclic amines) is 3. The monoisotopic (exact) mass is 334 g/mol. The molecule has 24 heavy (non-hydrogen) atoms. The molecule has 4 heterocycles. The van der Waals surface area contributed by atoms with E-state index in [1.165, 1.54) is 52.1 Å². The van der Waals surface area contributed by atoms with Crippen molar-refractivity contribution in [2.45, 2.75) is 96.1 Å². The third-order valence-electron chi connectivity index (χ3n) is 7.14. The third kappa shape index (κ3) is 2.94. The van der Waals surface area contributed by atoms with E-state index in [9.17, 15) is 0 Å². The molecule has 0 aromatic heterocycles. The van der Waals surface area contributed by atoms with Gasteiger partial charge in [-0.05, 0) is 60.8 Å². The SMILES string of the molecule is CC(C)(C)N1CC2CCC(C1)N2CN1C[C@@H]2C[C@H]1CN2C(C)(C)C. The molecule has 4 bridgehead atoms. The number of hydrogen-bond acceptors (Lipinski definition) is 4. The van der Waals surface area contributed by atoms with Crippen LogP contribution < -0.4 is 0 Å². The predicted octanol–water partition coefficient (Wildman–Crippen LogP) is 2.45. The molecule has 4 aliphatic heterocycles. The van der Waals surface area contributed by atoms with Gasteiger partial charge in [-0.1, -0.05) is 0 Å². The van der Waals surface area contributed by atoms with E-state index in [4.69, 9.17) is 0 Å². The van der Waals surface area contributed by atoms with Gasteiger partial charge in [-0.2, -0.15) is 0 Å². The second-order valence-electron chi connectivity index (χ2n) is 10.8. The Bertz CT molecular complexity index is 463. The molecule has 0 amide bonds. The first-order chi connectivity index (χ1) is 11.1. The van der Waals surface area contributed by atoms with Crippen LogP contribution in [0.25, 0.3) is 0 Å². The molecule has 4 atom stereocenters. The van der Waals surface area contributed by atoms with Crippen LogP contribution in [-0.2, 0) is 0 Å². The van der Waals surface area contributed by atoms with Crippen LogP contribution in [0.5, 0.6) is 0 Å². The van der Waals surface area contributed by atoms with Gasteiger partial charge < -0.3 is 0 Å². The van der Waals surface area contributed by atoms with Gasteiger partial charge in [0.1, 0.15) is 0 Å². The van der Waals surface area contributed by atoms with E-state index in [1.807, 2.05) is 0 Å². The maximum absolute atomic E-state index is 2.87. The smallest absolute Gasteiger partial charge is 0.0516 e. The van der Waals surface area contributed by atoms with Gasteiger partial charge >= 0.3 is 0 Å². The van der Waals surface area contributed by atoms with Crippen LogP contribution in [0, 0.1) is 0 Å². The minimum absolute atomic E-state index is 0.326. The summed E-state index contributed by atoms with van der Waals surface area (Å²) in [5.74, 6) is 0. The first kappa shape index (κ1) is 17.3. The van der Waals surface area contributed by atoms with Crippen molar-refractivity contribution in [2.75, 3.05) is 32.8 Å². The Balaban J connectivity index is 1.37. The molecule has 4 heteroatoms. The highest BCUT2D eigenvalue weighted by Gasteiger charge is 2.49. The van der Waals surface area contributed by atoms with Crippen molar-refractivity contribution in [3.63, 3.8) is 0 Å². The fourth-order valence-electron chi connectivity index (χ4n) is 5.72. The molecular formula is C20H38N4. The molecule has 138 valence electrons. The lowest BCUT2D eigenvalue weighted by atomic mass is 10.0. The Morgan fingerprint density at radius 3 is 1.79 bits per heavy atom. The topological polar surface area (TPSA) is 13.0 Å². The number of piperazine rings is 2. The summed E-state index contributed by atoms with van der Waals surface area (Å²) in [6, 6.07) is 3.18. The second-order valence-corrected chi connectivity index (χ2v) is 10.8. The Labute approximate surface area is 149 Å². The highest BCUT2D eigenvalue weighted by Crippen LogP contribution is 2.38. The number of fused-ring (bicyclic) bond motifs is 4. The Morgan fingerprint density at radius 2 is 1.33 bits per heavy atom. The Morgan fingerprint density at radius 1 is 0.708 bits per heavy atom. The Kier molecular flexibility index (Phi) is 4.08. The van der Waals surface area contributed by atoms with E-state index < -0.39 is 0 Å². The van der Waals surface area contributed by atoms with Gasteiger partial charge in [0, 0.05) is 61.4 Å². The van der Waals surface area contributed by atoms with Gasteiger partial charge in [0.05, 0.1) is 6.67 Å². The first-order valence-electron chi connectivity index (χ1n) is 10.1. The molecule has 4 fully saturated rings. The molecule has 0 N–H and O–H groups in total. The van der Waals surface area contributed by atoms with Crippen molar-refractivity contribution < 1.29 is 0 Å². The molecule has 4 aliphatic rings. The summed E-state index contributed by atoms with van der Waals surface area (Å²) >= 11 is 0. The third-order valence-corrected chi connectivity index (χ3v) is 7.14. The van der Waals surface area contributed by atoms with Gasteiger partial charge in [0.25, 0.3) is 0 Å². The summed E-state index contributed by atoms with van der Waals surface area (Å²) in [6.45, 7) is 20.6. The highest BCUT2D eigenvalue weighted by atomic mass is 15.5. The van der Waals surface area contributed by atoms with Crippen LogP contribution in [0.2, 0.25) is 0 Å². The van der Waals surface area contributed by atoms with E-state index in [-0.39, 0.29) is 0 Å². The van der Waals surface area contributed by atoms with Crippen molar-refractivity contribution in [3.05, 3.63) is 0 Å². The van der Waals surface area contributed by atoms with E-state index >= 15 is 0 Å². The van der Waals surface area contributed by atoms with Crippen LogP contribution in [0.3, 0.4) is 0 Å². The second kappa shape index (κ2) is 5.67. The summed E-state index contributed by atoms with van der Waals surface area (Å²) in [5.41, 5.74) is 0.662. The zero-order valence-electron chi connectivity index (χ0n) is 16.8. The summed E-state index contributed by atoms with van der Waals surface area (Å²) in [7, 11) is 0. The zero-order chi connectivity index (χ0) is 17.3. The summed E-state index contributed by atoms with van der Waals surface area (Å²) in [6.07, 6.45) is 4.22. The van der Waals surface area contributed by atoms with E-state index in [2.05, 4.69) is 61.1 Å². The van der Waals surface area contributed by atoms with Gasteiger partial charge in [-0.3, -0.25) is 19.6 Å². The molecule has 0 saturated carbocycles. The van der Waals surface area contributed by atoms with Gasteiger partial charge in [-0.25, -0.2) is 0 Å². The average Bonchev–Trinajstić information content (AvgIpc) is 3.09. The average molecular weight is 335 g/mol. The molecule has 0 aromatic rings.